The molecular formula is C92H58N6O2. The van der Waals surface area contributed by atoms with Gasteiger partial charge in [-0.15, -0.1) is 0 Å². The monoisotopic (exact) mass is 1280 g/mol. The van der Waals surface area contributed by atoms with E-state index >= 15 is 0 Å². The molecule has 8 nitrogen and oxygen atoms in total. The Bertz CT molecular complexity index is 6470. The zero-order chi connectivity index (χ0) is 66.0. The van der Waals surface area contributed by atoms with E-state index in [9.17, 15) is 0 Å². The Morgan fingerprint density at radius 1 is 0.220 bits per heavy atom. The molecule has 0 saturated heterocycles. The van der Waals surface area contributed by atoms with Crippen LogP contribution >= 0.6 is 0 Å². The zero-order valence-corrected chi connectivity index (χ0v) is 54.0. The van der Waals surface area contributed by atoms with Gasteiger partial charge in [0.15, 0.2) is 22.8 Å². The number of hydrogen-bond donors (Lipinski definition) is 0. The van der Waals surface area contributed by atoms with Crippen molar-refractivity contribution in [2.24, 2.45) is 0 Å². The van der Waals surface area contributed by atoms with Crippen LogP contribution in [0, 0.1) is 0 Å². The van der Waals surface area contributed by atoms with Crippen molar-refractivity contribution in [1.82, 2.24) is 29.1 Å². The van der Waals surface area contributed by atoms with Gasteiger partial charge in [0.2, 0.25) is 0 Å². The van der Waals surface area contributed by atoms with Crippen LogP contribution in [0.15, 0.2) is 361 Å². The van der Waals surface area contributed by atoms with E-state index in [-0.39, 0.29) is 0 Å². The van der Waals surface area contributed by atoms with E-state index in [1.807, 2.05) is 103 Å². The smallest absolute Gasteiger partial charge is 0.180 e. The molecule has 0 bridgehead atoms. The zero-order valence-electron chi connectivity index (χ0n) is 54.0. The predicted octanol–water partition coefficient (Wildman–Crippen LogP) is 24.3. The van der Waals surface area contributed by atoms with Gasteiger partial charge in [0.05, 0.1) is 22.1 Å². The second-order valence-electron chi connectivity index (χ2n) is 25.2. The number of para-hydroxylation sites is 4. The van der Waals surface area contributed by atoms with Crippen molar-refractivity contribution in [2.75, 3.05) is 0 Å². The summed E-state index contributed by atoms with van der Waals surface area (Å²) >= 11 is 0. The van der Waals surface area contributed by atoms with E-state index in [1.165, 1.54) is 65.9 Å². The summed E-state index contributed by atoms with van der Waals surface area (Å²) in [5.41, 5.74) is 26.5. The van der Waals surface area contributed by atoms with Gasteiger partial charge in [-0.25, -0.2) is 19.9 Å². The largest absolute Gasteiger partial charge is 0.452 e. The lowest BCUT2D eigenvalue weighted by Gasteiger charge is -2.09. The summed E-state index contributed by atoms with van der Waals surface area (Å²) in [6.07, 6.45) is 0. The lowest BCUT2D eigenvalue weighted by atomic mass is 9.96. The van der Waals surface area contributed by atoms with Gasteiger partial charge in [-0.1, -0.05) is 273 Å². The van der Waals surface area contributed by atoms with Gasteiger partial charge < -0.3 is 18.0 Å². The van der Waals surface area contributed by atoms with Crippen LogP contribution in [0.25, 0.3) is 189 Å². The topological polar surface area (TPSA) is 87.7 Å². The average molecular weight is 1280 g/mol. The molecule has 8 heteroatoms. The van der Waals surface area contributed by atoms with E-state index in [0.717, 1.165) is 100 Å². The van der Waals surface area contributed by atoms with Gasteiger partial charge in [-0.05, 0) is 123 Å². The van der Waals surface area contributed by atoms with E-state index in [0.29, 0.717) is 22.8 Å². The van der Waals surface area contributed by atoms with Crippen LogP contribution in [-0.2, 0) is 0 Å². The highest BCUT2D eigenvalue weighted by Gasteiger charge is 2.23. The van der Waals surface area contributed by atoms with Gasteiger partial charge >= 0.3 is 0 Å². The van der Waals surface area contributed by atoms with Crippen molar-refractivity contribution in [3.8, 4) is 101 Å². The highest BCUT2D eigenvalue weighted by molar-refractivity contribution is 6.16. The maximum absolute atomic E-state index is 6.48. The van der Waals surface area contributed by atoms with Crippen LogP contribution < -0.4 is 0 Å². The Labute approximate surface area is 575 Å². The number of hydrogen-bond acceptors (Lipinski definition) is 6. The molecule has 0 atom stereocenters. The average Bonchev–Trinajstić information content (AvgIpc) is 1.60. The van der Waals surface area contributed by atoms with Gasteiger partial charge in [-0.2, -0.15) is 0 Å². The maximum atomic E-state index is 6.48. The van der Waals surface area contributed by atoms with Crippen molar-refractivity contribution < 1.29 is 8.83 Å². The number of aromatic nitrogens is 6. The Morgan fingerprint density at radius 2 is 0.570 bits per heavy atom. The number of furan rings is 2. The molecule has 0 aliphatic rings. The number of benzene rings is 14. The lowest BCUT2D eigenvalue weighted by molar-refractivity contribution is 0.667. The van der Waals surface area contributed by atoms with Crippen molar-refractivity contribution in [3.63, 3.8) is 0 Å². The summed E-state index contributed by atoms with van der Waals surface area (Å²) in [6, 6.07) is 123. The molecule has 0 radical (unpaired) electrons. The second-order valence-corrected chi connectivity index (χ2v) is 25.2. The molecule has 6 aromatic heterocycles. The number of rotatable bonds is 10. The molecule has 0 fully saturated rings. The van der Waals surface area contributed by atoms with Crippen LogP contribution in [0.4, 0.5) is 0 Å². The standard InChI is InChI=1S/2C46H29N3O/c1-4-13-32(14-5-1)43-45-44(48-46(47-43)33-15-6-2-7-16-33)38-29-34(27-28-41(38)50-45)30-23-25-31(26-24-30)36-20-12-22-40-42(36)37-19-10-11-21-39(37)49(40)35-17-8-3-9-18-35;1-4-12-32(13-5-1)43-45-44(48-46(47-43)33-14-6-2-7-15-33)39-29-35(25-27-42(39)50-45)31-22-20-30(21-23-31)34-24-26-41-38(28-34)37-18-10-11-19-40(37)49(41)36-16-8-3-9-17-36/h2*1-29H. The summed E-state index contributed by atoms with van der Waals surface area (Å²) in [5, 5.41) is 6.94. The summed E-state index contributed by atoms with van der Waals surface area (Å²) in [6.45, 7) is 0. The predicted molar refractivity (Wildman–Crippen MR) is 411 cm³/mol. The first-order valence-electron chi connectivity index (χ1n) is 33.7. The molecule has 0 N–H and O–H groups in total. The highest BCUT2D eigenvalue weighted by atomic mass is 16.3. The molecule has 0 aliphatic heterocycles. The molecule has 468 valence electrons. The first kappa shape index (κ1) is 57.9. The first-order chi connectivity index (χ1) is 49.6. The Balaban J connectivity index is 0.000000139. The fourth-order valence-electron chi connectivity index (χ4n) is 14.5. The molecule has 0 spiro atoms. The Morgan fingerprint density at radius 3 is 1.05 bits per heavy atom. The van der Waals surface area contributed by atoms with Crippen molar-refractivity contribution >= 4 is 87.7 Å². The molecule has 0 unspecified atom stereocenters. The van der Waals surface area contributed by atoms with Crippen LogP contribution in [0.3, 0.4) is 0 Å². The molecule has 14 aromatic carbocycles. The van der Waals surface area contributed by atoms with E-state index in [2.05, 4.69) is 258 Å². The van der Waals surface area contributed by atoms with Gasteiger partial charge in [0.1, 0.15) is 33.6 Å². The number of nitrogens with zero attached hydrogens (tertiary/aromatic N) is 6. The van der Waals surface area contributed by atoms with Crippen LogP contribution in [-0.4, -0.2) is 29.1 Å². The third kappa shape index (κ3) is 10.1. The van der Waals surface area contributed by atoms with E-state index < -0.39 is 0 Å². The van der Waals surface area contributed by atoms with Crippen molar-refractivity contribution in [3.05, 3.63) is 352 Å². The third-order valence-corrected chi connectivity index (χ3v) is 19.3. The van der Waals surface area contributed by atoms with E-state index in [4.69, 9.17) is 28.8 Å². The number of fused-ring (bicyclic) bond motifs is 12. The first-order valence-corrected chi connectivity index (χ1v) is 33.7. The van der Waals surface area contributed by atoms with E-state index in [1.54, 1.807) is 0 Å². The Kier molecular flexibility index (Phi) is 14.0. The van der Waals surface area contributed by atoms with Gasteiger partial charge in [0, 0.05) is 65.9 Å². The molecule has 0 aliphatic carbocycles. The normalized spacial score (nSPS) is 11.6. The van der Waals surface area contributed by atoms with Gasteiger partial charge in [-0.3, -0.25) is 0 Å². The van der Waals surface area contributed by atoms with Crippen LogP contribution in [0.1, 0.15) is 0 Å². The summed E-state index contributed by atoms with van der Waals surface area (Å²) < 4.78 is 17.7. The second kappa shape index (κ2) is 24.3. The van der Waals surface area contributed by atoms with Gasteiger partial charge in [0.25, 0.3) is 0 Å². The summed E-state index contributed by atoms with van der Waals surface area (Å²) in [7, 11) is 0. The molecule has 6 heterocycles. The Hall–Kier alpha value is -13.6. The molecular weight excluding hydrogens is 1220 g/mol. The fraction of sp³-hybridized carbons (Fsp3) is 0. The maximum Gasteiger partial charge on any atom is 0.180 e. The molecule has 100 heavy (non-hydrogen) atoms. The third-order valence-electron chi connectivity index (χ3n) is 19.3. The lowest BCUT2D eigenvalue weighted by Crippen LogP contribution is -1.93. The summed E-state index contributed by atoms with van der Waals surface area (Å²) in [4.78, 5) is 20.2. The molecule has 20 aromatic rings. The highest BCUT2D eigenvalue weighted by Crippen LogP contribution is 2.43. The molecule has 20 rings (SSSR count). The SMILES string of the molecule is c1ccc(-c2nc(-c3ccccc3)c3oc4ccc(-c5ccc(-c6ccc7c(c6)c6ccccc6n7-c6ccccc6)cc5)cc4c3n2)cc1.c1ccc(-c2nc(-c3ccccc3)c3oc4ccc(-c5ccc(-c6cccc7c6c6ccccc6n7-c6ccccc6)cc5)cc4c3n2)cc1. The fourth-order valence-corrected chi connectivity index (χ4v) is 14.5. The molecule has 0 saturated carbocycles. The summed E-state index contributed by atoms with van der Waals surface area (Å²) in [5.74, 6) is 1.36. The van der Waals surface area contributed by atoms with Crippen molar-refractivity contribution in [1.29, 1.82) is 0 Å². The minimum atomic E-state index is 0.678. The van der Waals surface area contributed by atoms with Crippen LogP contribution in [0.2, 0.25) is 0 Å². The quantitative estimate of drug-likeness (QED) is 0.136. The minimum Gasteiger partial charge on any atom is -0.452 e. The minimum absolute atomic E-state index is 0.678. The van der Waals surface area contributed by atoms with Crippen LogP contribution in [0.5, 0.6) is 0 Å². The van der Waals surface area contributed by atoms with Crippen molar-refractivity contribution in [2.45, 2.75) is 0 Å². The molecule has 0 amide bonds.